The number of ether oxygens (including phenoxy) is 2. The molecule has 0 radical (unpaired) electrons. The number of methoxy groups -OCH3 is 2. The van der Waals surface area contributed by atoms with Crippen LogP contribution in [0.2, 0.25) is 0 Å². The van der Waals surface area contributed by atoms with E-state index in [0.717, 1.165) is 12.8 Å². The van der Waals surface area contributed by atoms with Gasteiger partial charge in [0.2, 0.25) is 0 Å². The van der Waals surface area contributed by atoms with Gasteiger partial charge in [-0.05, 0) is 12.8 Å². The van der Waals surface area contributed by atoms with E-state index in [1.807, 2.05) is 6.92 Å². The average Bonchev–Trinajstić information content (AvgIpc) is 2.39. The molecule has 0 bridgehead atoms. The van der Waals surface area contributed by atoms with Crippen LogP contribution in [-0.4, -0.2) is 31.9 Å². The van der Waals surface area contributed by atoms with E-state index in [0.29, 0.717) is 6.42 Å². The summed E-state index contributed by atoms with van der Waals surface area (Å²) in [5.74, 6) is -1.33. The van der Waals surface area contributed by atoms with Gasteiger partial charge in [-0.1, -0.05) is 13.3 Å². The van der Waals surface area contributed by atoms with Gasteiger partial charge in [0.25, 0.3) is 0 Å². The number of unbranched alkanes of at least 4 members (excludes halogenated alkanes) is 1. The Hall–Kier alpha value is -1.39. The van der Waals surface area contributed by atoms with E-state index >= 15 is 0 Å². The maximum absolute atomic E-state index is 11.6. The molecule has 0 aromatic carbocycles. The van der Waals surface area contributed by atoms with E-state index in [-0.39, 0.29) is 31.0 Å². The van der Waals surface area contributed by atoms with Crippen molar-refractivity contribution in [3.05, 3.63) is 0 Å². The van der Waals surface area contributed by atoms with Gasteiger partial charge >= 0.3 is 11.9 Å². The fourth-order valence-electron chi connectivity index (χ4n) is 1.61. The van der Waals surface area contributed by atoms with Crippen molar-refractivity contribution >= 4 is 17.7 Å². The summed E-state index contributed by atoms with van der Waals surface area (Å²) in [5, 5.41) is 0. The van der Waals surface area contributed by atoms with Crippen LogP contribution in [0.4, 0.5) is 0 Å². The third-order valence-corrected chi connectivity index (χ3v) is 2.74. The van der Waals surface area contributed by atoms with E-state index in [9.17, 15) is 14.4 Å². The standard InChI is InChI=1S/C13H22O5/c1-4-5-6-11(14)9-10(13(16)18-3)7-8-12(15)17-2/h10H,4-9H2,1-3H3. The lowest BCUT2D eigenvalue weighted by atomic mass is 9.95. The third-order valence-electron chi connectivity index (χ3n) is 2.74. The number of Topliss-reactive ketones (excluding diaryl/α,β-unsaturated/α-hetero) is 1. The molecule has 1 atom stereocenters. The molecule has 0 rings (SSSR count). The number of ketones is 1. The molecule has 0 saturated carbocycles. The Labute approximate surface area is 108 Å². The molecule has 0 fully saturated rings. The summed E-state index contributed by atoms with van der Waals surface area (Å²) in [4.78, 5) is 34.1. The minimum absolute atomic E-state index is 0.0390. The lowest BCUT2D eigenvalue weighted by Crippen LogP contribution is -2.21. The molecule has 0 N–H and O–H groups in total. The van der Waals surface area contributed by atoms with Gasteiger partial charge in [0.1, 0.15) is 5.78 Å². The number of hydrogen-bond acceptors (Lipinski definition) is 5. The zero-order chi connectivity index (χ0) is 14.0. The molecule has 0 aromatic heterocycles. The Bertz CT molecular complexity index is 285. The summed E-state index contributed by atoms with van der Waals surface area (Å²) in [7, 11) is 2.58. The zero-order valence-corrected chi connectivity index (χ0v) is 11.4. The largest absolute Gasteiger partial charge is 0.469 e. The molecule has 0 saturated heterocycles. The number of esters is 2. The quantitative estimate of drug-likeness (QED) is 0.590. The summed E-state index contributed by atoms with van der Waals surface area (Å²) in [6.07, 6.45) is 2.79. The molecule has 0 amide bonds. The average molecular weight is 258 g/mol. The summed E-state index contributed by atoms with van der Waals surface area (Å²) < 4.78 is 9.15. The van der Waals surface area contributed by atoms with Crippen molar-refractivity contribution in [2.45, 2.75) is 45.4 Å². The first kappa shape index (κ1) is 16.6. The number of carbonyl (C=O) groups is 3. The topological polar surface area (TPSA) is 69.7 Å². The van der Waals surface area contributed by atoms with Crippen molar-refractivity contribution in [2.75, 3.05) is 14.2 Å². The van der Waals surface area contributed by atoms with Gasteiger partial charge in [0, 0.05) is 19.3 Å². The molecule has 104 valence electrons. The third kappa shape index (κ3) is 7.04. The van der Waals surface area contributed by atoms with Gasteiger partial charge in [-0.25, -0.2) is 0 Å². The molecule has 0 heterocycles. The van der Waals surface area contributed by atoms with Crippen LogP contribution in [0.3, 0.4) is 0 Å². The molecule has 0 aliphatic carbocycles. The van der Waals surface area contributed by atoms with Gasteiger partial charge in [0.05, 0.1) is 20.1 Å². The minimum Gasteiger partial charge on any atom is -0.469 e. The first-order chi connectivity index (χ1) is 8.54. The van der Waals surface area contributed by atoms with Crippen molar-refractivity contribution in [3.63, 3.8) is 0 Å². The summed E-state index contributed by atoms with van der Waals surface area (Å²) in [5.41, 5.74) is 0. The Morgan fingerprint density at radius 2 is 1.72 bits per heavy atom. The maximum atomic E-state index is 11.6. The lowest BCUT2D eigenvalue weighted by molar-refractivity contribution is -0.148. The normalized spacial score (nSPS) is 11.7. The SMILES string of the molecule is CCCCC(=O)CC(CCC(=O)OC)C(=O)OC. The molecular weight excluding hydrogens is 236 g/mol. The van der Waals surface area contributed by atoms with Crippen molar-refractivity contribution in [2.24, 2.45) is 5.92 Å². The molecule has 1 unspecified atom stereocenters. The second kappa shape index (κ2) is 9.62. The number of carbonyl (C=O) groups excluding carboxylic acids is 3. The monoisotopic (exact) mass is 258 g/mol. The first-order valence-electron chi connectivity index (χ1n) is 6.21. The van der Waals surface area contributed by atoms with Crippen LogP contribution in [0, 0.1) is 5.92 Å². The summed E-state index contributed by atoms with van der Waals surface area (Å²) >= 11 is 0. The van der Waals surface area contributed by atoms with Crippen LogP contribution < -0.4 is 0 Å². The summed E-state index contributed by atoms with van der Waals surface area (Å²) in [6, 6.07) is 0. The van der Waals surface area contributed by atoms with Gasteiger partial charge in [-0.15, -0.1) is 0 Å². The highest BCUT2D eigenvalue weighted by Crippen LogP contribution is 2.16. The van der Waals surface area contributed by atoms with Crippen LogP contribution in [0.15, 0.2) is 0 Å². The van der Waals surface area contributed by atoms with E-state index in [1.165, 1.54) is 14.2 Å². The predicted molar refractivity (Wildman–Crippen MR) is 65.9 cm³/mol. The van der Waals surface area contributed by atoms with Gasteiger partial charge in [-0.3, -0.25) is 14.4 Å². The van der Waals surface area contributed by atoms with E-state index in [1.54, 1.807) is 0 Å². The predicted octanol–water partition coefficient (Wildman–Crippen LogP) is 1.88. The molecule has 0 aliphatic rings. The van der Waals surface area contributed by atoms with Crippen molar-refractivity contribution in [1.29, 1.82) is 0 Å². The molecular formula is C13H22O5. The van der Waals surface area contributed by atoms with Crippen molar-refractivity contribution in [3.8, 4) is 0 Å². The Morgan fingerprint density at radius 3 is 2.22 bits per heavy atom. The fraction of sp³-hybridized carbons (Fsp3) is 0.769. The smallest absolute Gasteiger partial charge is 0.309 e. The molecule has 5 heteroatoms. The van der Waals surface area contributed by atoms with Gasteiger partial charge < -0.3 is 9.47 Å². The van der Waals surface area contributed by atoms with Gasteiger partial charge in [-0.2, -0.15) is 0 Å². The van der Waals surface area contributed by atoms with Crippen LogP contribution in [-0.2, 0) is 23.9 Å². The Balaban J connectivity index is 4.27. The molecule has 0 aromatic rings. The zero-order valence-electron chi connectivity index (χ0n) is 11.4. The highest BCUT2D eigenvalue weighted by atomic mass is 16.5. The highest BCUT2D eigenvalue weighted by molar-refractivity contribution is 5.84. The van der Waals surface area contributed by atoms with Crippen LogP contribution in [0.5, 0.6) is 0 Å². The highest BCUT2D eigenvalue weighted by Gasteiger charge is 2.23. The second-order valence-corrected chi connectivity index (χ2v) is 4.18. The van der Waals surface area contributed by atoms with E-state index in [2.05, 4.69) is 9.47 Å². The first-order valence-corrected chi connectivity index (χ1v) is 6.21. The molecule has 0 spiro atoms. The number of hydrogen-bond donors (Lipinski definition) is 0. The van der Waals surface area contributed by atoms with Crippen molar-refractivity contribution in [1.82, 2.24) is 0 Å². The Morgan fingerprint density at radius 1 is 1.06 bits per heavy atom. The Kier molecular flexibility index (Phi) is 8.88. The maximum Gasteiger partial charge on any atom is 0.309 e. The van der Waals surface area contributed by atoms with E-state index in [4.69, 9.17) is 0 Å². The molecule has 0 aliphatic heterocycles. The van der Waals surface area contributed by atoms with Crippen LogP contribution in [0.25, 0.3) is 0 Å². The fourth-order valence-corrected chi connectivity index (χ4v) is 1.61. The van der Waals surface area contributed by atoms with Crippen LogP contribution in [0.1, 0.15) is 45.4 Å². The molecule has 5 nitrogen and oxygen atoms in total. The van der Waals surface area contributed by atoms with E-state index < -0.39 is 11.9 Å². The summed E-state index contributed by atoms with van der Waals surface area (Å²) in [6.45, 7) is 2.00. The van der Waals surface area contributed by atoms with Crippen LogP contribution >= 0.6 is 0 Å². The second-order valence-electron chi connectivity index (χ2n) is 4.18. The molecule has 18 heavy (non-hydrogen) atoms. The minimum atomic E-state index is -0.543. The van der Waals surface area contributed by atoms with Crippen molar-refractivity contribution < 1.29 is 23.9 Å². The van der Waals surface area contributed by atoms with Gasteiger partial charge in [0.15, 0.2) is 0 Å². The number of rotatable bonds is 9. The lowest BCUT2D eigenvalue weighted by Gasteiger charge is -2.13.